The molecule has 0 aliphatic carbocycles. The fourth-order valence-electron chi connectivity index (χ4n) is 2.75. The van der Waals surface area contributed by atoms with Crippen LogP contribution in [0.25, 0.3) is 0 Å². The average molecular weight is 304 g/mol. The molecule has 1 saturated heterocycles. The van der Waals surface area contributed by atoms with E-state index in [0.29, 0.717) is 38.5 Å². The van der Waals surface area contributed by atoms with Gasteiger partial charge in [-0.3, -0.25) is 9.59 Å². The zero-order chi connectivity index (χ0) is 15.9. The Morgan fingerprint density at radius 2 is 1.59 bits per heavy atom. The number of rotatable bonds is 5. The summed E-state index contributed by atoms with van der Waals surface area (Å²) in [6.07, 6.45) is 1.36. The summed E-state index contributed by atoms with van der Waals surface area (Å²) in [7, 11) is 0. The Bertz CT molecular complexity index is 496. The summed E-state index contributed by atoms with van der Waals surface area (Å²) in [5, 5.41) is 8.84. The highest BCUT2D eigenvalue weighted by molar-refractivity contribution is 5.79. The third kappa shape index (κ3) is 4.31. The minimum absolute atomic E-state index is 0.152. The Morgan fingerprint density at radius 1 is 1.05 bits per heavy atom. The highest BCUT2D eigenvalue weighted by Gasteiger charge is 2.23. The molecule has 1 unspecified atom stereocenters. The van der Waals surface area contributed by atoms with Crippen molar-refractivity contribution in [3.63, 3.8) is 0 Å². The molecule has 1 fully saturated rings. The van der Waals surface area contributed by atoms with E-state index in [1.807, 2.05) is 23.1 Å². The Kier molecular flexibility index (Phi) is 5.95. The van der Waals surface area contributed by atoms with Gasteiger partial charge in [0.15, 0.2) is 0 Å². The lowest BCUT2D eigenvalue weighted by Gasteiger charge is -2.34. The molecule has 0 bridgehead atoms. The number of hydrogen-bond donors (Lipinski definition) is 1. The van der Waals surface area contributed by atoms with Crippen LogP contribution in [0, 0.1) is 0 Å². The molecule has 5 nitrogen and oxygen atoms in total. The lowest BCUT2D eigenvalue weighted by molar-refractivity contribution is -0.141. The fraction of sp³-hybridized carbons (Fsp3) is 0.529. The van der Waals surface area contributed by atoms with Gasteiger partial charge in [-0.15, -0.1) is 0 Å². The first-order valence-corrected chi connectivity index (χ1v) is 7.83. The molecule has 120 valence electrons. The summed E-state index contributed by atoms with van der Waals surface area (Å²) in [5.74, 6) is 0.256. The molecule has 1 aliphatic heterocycles. The first kappa shape index (κ1) is 16.5. The van der Waals surface area contributed by atoms with Crippen LogP contribution in [0.15, 0.2) is 30.3 Å². The van der Waals surface area contributed by atoms with Crippen molar-refractivity contribution >= 4 is 11.8 Å². The second-order valence-corrected chi connectivity index (χ2v) is 5.77. The van der Waals surface area contributed by atoms with Crippen LogP contribution in [0.1, 0.15) is 31.2 Å². The van der Waals surface area contributed by atoms with Gasteiger partial charge in [0.25, 0.3) is 0 Å². The highest BCUT2D eigenvalue weighted by atomic mass is 16.3. The predicted octanol–water partition coefficient (Wildman–Crippen LogP) is 1.23. The molecule has 0 spiro atoms. The van der Waals surface area contributed by atoms with Crippen LogP contribution in [-0.2, 0) is 9.59 Å². The zero-order valence-corrected chi connectivity index (χ0v) is 13.1. The second-order valence-electron chi connectivity index (χ2n) is 5.77. The quantitative estimate of drug-likeness (QED) is 0.890. The molecule has 1 N–H and O–H groups in total. The van der Waals surface area contributed by atoms with Crippen molar-refractivity contribution in [2.24, 2.45) is 0 Å². The molecule has 1 aromatic carbocycles. The lowest BCUT2D eigenvalue weighted by Crippen LogP contribution is -2.51. The summed E-state index contributed by atoms with van der Waals surface area (Å²) in [6.45, 7) is 3.83. The molecule has 2 rings (SSSR count). The van der Waals surface area contributed by atoms with E-state index >= 15 is 0 Å². The van der Waals surface area contributed by atoms with Gasteiger partial charge in [-0.1, -0.05) is 37.3 Å². The van der Waals surface area contributed by atoms with Crippen molar-refractivity contribution in [3.05, 3.63) is 35.9 Å². The van der Waals surface area contributed by atoms with Crippen LogP contribution in [0.4, 0.5) is 0 Å². The molecule has 1 atom stereocenters. The maximum atomic E-state index is 12.3. The van der Waals surface area contributed by atoms with E-state index in [2.05, 4.69) is 19.1 Å². The highest BCUT2D eigenvalue weighted by Crippen LogP contribution is 2.20. The zero-order valence-electron chi connectivity index (χ0n) is 13.1. The van der Waals surface area contributed by atoms with E-state index in [-0.39, 0.29) is 11.8 Å². The Morgan fingerprint density at radius 3 is 2.14 bits per heavy atom. The summed E-state index contributed by atoms with van der Waals surface area (Å²) < 4.78 is 0. The molecule has 2 amide bonds. The van der Waals surface area contributed by atoms with Crippen LogP contribution in [-0.4, -0.2) is 59.5 Å². The predicted molar refractivity (Wildman–Crippen MR) is 84.3 cm³/mol. The van der Waals surface area contributed by atoms with Crippen LogP contribution >= 0.6 is 0 Å². The summed E-state index contributed by atoms with van der Waals surface area (Å²) >= 11 is 0. The fourth-order valence-corrected chi connectivity index (χ4v) is 2.75. The third-order valence-electron chi connectivity index (χ3n) is 4.28. The standard InChI is InChI=1S/C17H24N2O3/c1-14(15-5-3-2-4-6-15)7-8-16(21)18-9-11-19(12-10-18)17(22)13-20/h2-6,14,20H,7-13H2,1H3. The number of hydrogen-bond acceptors (Lipinski definition) is 3. The first-order valence-electron chi connectivity index (χ1n) is 7.83. The third-order valence-corrected chi connectivity index (χ3v) is 4.28. The van der Waals surface area contributed by atoms with Crippen molar-refractivity contribution < 1.29 is 14.7 Å². The van der Waals surface area contributed by atoms with Crippen LogP contribution in [0.5, 0.6) is 0 Å². The van der Waals surface area contributed by atoms with Gasteiger partial charge in [0.05, 0.1) is 0 Å². The number of nitrogens with zero attached hydrogens (tertiary/aromatic N) is 2. The van der Waals surface area contributed by atoms with Gasteiger partial charge >= 0.3 is 0 Å². The Labute approximate surface area is 131 Å². The number of amides is 2. The van der Waals surface area contributed by atoms with E-state index in [9.17, 15) is 9.59 Å². The molecule has 0 radical (unpaired) electrons. The monoisotopic (exact) mass is 304 g/mol. The Hall–Kier alpha value is -1.88. The van der Waals surface area contributed by atoms with Gasteiger partial charge in [-0.05, 0) is 17.9 Å². The van der Waals surface area contributed by atoms with Crippen LogP contribution in [0.2, 0.25) is 0 Å². The normalized spacial score (nSPS) is 16.5. The van der Waals surface area contributed by atoms with Gasteiger partial charge < -0.3 is 14.9 Å². The van der Waals surface area contributed by atoms with Gasteiger partial charge in [0, 0.05) is 32.6 Å². The van der Waals surface area contributed by atoms with Gasteiger partial charge in [0.1, 0.15) is 6.61 Å². The van der Waals surface area contributed by atoms with E-state index in [0.717, 1.165) is 6.42 Å². The Balaban J connectivity index is 1.76. The van der Waals surface area contributed by atoms with E-state index in [4.69, 9.17) is 5.11 Å². The molecular formula is C17H24N2O3. The van der Waals surface area contributed by atoms with E-state index in [1.165, 1.54) is 5.56 Å². The number of carbonyl (C=O) groups is 2. The minimum atomic E-state index is -0.456. The second kappa shape index (κ2) is 7.94. The lowest BCUT2D eigenvalue weighted by atomic mass is 9.96. The van der Waals surface area contributed by atoms with Crippen LogP contribution in [0.3, 0.4) is 0 Å². The van der Waals surface area contributed by atoms with Gasteiger partial charge in [-0.25, -0.2) is 0 Å². The number of piperazine rings is 1. The van der Waals surface area contributed by atoms with Crippen molar-refractivity contribution in [3.8, 4) is 0 Å². The number of aliphatic hydroxyl groups is 1. The molecule has 1 aliphatic rings. The van der Waals surface area contributed by atoms with Crippen LogP contribution < -0.4 is 0 Å². The largest absolute Gasteiger partial charge is 0.387 e. The van der Waals surface area contributed by atoms with Crippen molar-refractivity contribution in [1.82, 2.24) is 9.80 Å². The van der Waals surface area contributed by atoms with Gasteiger partial charge in [-0.2, -0.15) is 0 Å². The van der Waals surface area contributed by atoms with E-state index in [1.54, 1.807) is 4.90 Å². The molecular weight excluding hydrogens is 280 g/mol. The minimum Gasteiger partial charge on any atom is -0.387 e. The summed E-state index contributed by atoms with van der Waals surface area (Å²) in [6, 6.07) is 10.2. The summed E-state index contributed by atoms with van der Waals surface area (Å²) in [5.41, 5.74) is 1.26. The molecule has 0 saturated carbocycles. The maximum absolute atomic E-state index is 12.3. The molecule has 0 aromatic heterocycles. The molecule has 1 heterocycles. The maximum Gasteiger partial charge on any atom is 0.248 e. The van der Waals surface area contributed by atoms with Crippen molar-refractivity contribution in [2.75, 3.05) is 32.8 Å². The molecule has 5 heteroatoms. The molecule has 1 aromatic rings. The van der Waals surface area contributed by atoms with Crippen molar-refractivity contribution in [1.29, 1.82) is 0 Å². The summed E-state index contributed by atoms with van der Waals surface area (Å²) in [4.78, 5) is 27.1. The first-order chi connectivity index (χ1) is 10.6. The van der Waals surface area contributed by atoms with Gasteiger partial charge in [0.2, 0.25) is 11.8 Å². The van der Waals surface area contributed by atoms with Crippen molar-refractivity contribution in [2.45, 2.75) is 25.7 Å². The molecule has 22 heavy (non-hydrogen) atoms. The average Bonchev–Trinajstić information content (AvgIpc) is 2.59. The number of aliphatic hydroxyl groups excluding tert-OH is 1. The van der Waals surface area contributed by atoms with E-state index < -0.39 is 6.61 Å². The number of benzene rings is 1. The number of carbonyl (C=O) groups excluding carboxylic acids is 2. The smallest absolute Gasteiger partial charge is 0.248 e. The topological polar surface area (TPSA) is 60.9 Å². The SMILES string of the molecule is CC(CCC(=O)N1CCN(C(=O)CO)CC1)c1ccccc1.